The van der Waals surface area contributed by atoms with Crippen LogP contribution in [0, 0.1) is 13.8 Å². The highest BCUT2D eigenvalue weighted by Crippen LogP contribution is 2.30. The van der Waals surface area contributed by atoms with Crippen LogP contribution in [0.15, 0.2) is 36.4 Å². The second-order valence-corrected chi connectivity index (χ2v) is 7.77. The molecule has 0 aromatic heterocycles. The fraction of sp³-hybridized carbons (Fsp3) is 0.455. The van der Waals surface area contributed by atoms with E-state index in [1.165, 1.54) is 22.4 Å². The summed E-state index contributed by atoms with van der Waals surface area (Å²) in [4.78, 5) is 4.96. The Bertz CT molecular complexity index is 796. The van der Waals surface area contributed by atoms with E-state index in [9.17, 15) is 5.11 Å². The maximum absolute atomic E-state index is 10.7. The van der Waals surface area contributed by atoms with E-state index in [2.05, 4.69) is 47.9 Å². The van der Waals surface area contributed by atoms with Gasteiger partial charge < -0.3 is 15.7 Å². The molecule has 1 fully saturated rings. The fourth-order valence-electron chi connectivity index (χ4n) is 4.55. The first kappa shape index (κ1) is 17.4. The van der Waals surface area contributed by atoms with Crippen molar-refractivity contribution in [3.63, 3.8) is 0 Å². The third-order valence-electron chi connectivity index (χ3n) is 6.30. The highest BCUT2D eigenvalue weighted by molar-refractivity contribution is 5.56. The smallest absolute Gasteiger partial charge is 0.0739 e. The topological polar surface area (TPSA) is 52.7 Å². The summed E-state index contributed by atoms with van der Waals surface area (Å²) < 4.78 is 0. The van der Waals surface area contributed by atoms with Gasteiger partial charge in [0.2, 0.25) is 0 Å². The van der Waals surface area contributed by atoms with E-state index in [-0.39, 0.29) is 12.1 Å². The van der Waals surface area contributed by atoms with E-state index in [1.807, 2.05) is 12.1 Å². The van der Waals surface area contributed by atoms with Gasteiger partial charge in [0, 0.05) is 50.0 Å². The lowest BCUT2D eigenvalue weighted by Crippen LogP contribution is -2.56. The molecule has 0 spiro atoms. The lowest BCUT2D eigenvalue weighted by atomic mass is 9.84. The van der Waals surface area contributed by atoms with Crippen molar-refractivity contribution in [3.05, 3.63) is 58.7 Å². The second kappa shape index (κ2) is 6.93. The van der Waals surface area contributed by atoms with E-state index in [4.69, 9.17) is 5.73 Å². The zero-order valence-electron chi connectivity index (χ0n) is 15.8. The van der Waals surface area contributed by atoms with E-state index in [1.54, 1.807) is 0 Å². The molecule has 0 radical (unpaired) electrons. The highest BCUT2D eigenvalue weighted by atomic mass is 16.3. The number of piperazine rings is 1. The molecule has 1 saturated heterocycles. The van der Waals surface area contributed by atoms with Gasteiger partial charge in [0.15, 0.2) is 0 Å². The summed E-state index contributed by atoms with van der Waals surface area (Å²) in [7, 11) is 0. The number of benzene rings is 2. The van der Waals surface area contributed by atoms with Crippen molar-refractivity contribution in [2.75, 3.05) is 36.8 Å². The van der Waals surface area contributed by atoms with Crippen LogP contribution >= 0.6 is 0 Å². The van der Waals surface area contributed by atoms with Crippen molar-refractivity contribution >= 4 is 11.4 Å². The first-order chi connectivity index (χ1) is 12.5. The maximum atomic E-state index is 10.7. The van der Waals surface area contributed by atoms with Crippen LogP contribution in [0.2, 0.25) is 0 Å². The molecule has 3 N–H and O–H groups in total. The molecule has 4 rings (SSSR count). The largest absolute Gasteiger partial charge is 0.398 e. The molecule has 2 aromatic carbocycles. The Labute approximate surface area is 156 Å². The number of hydrogen-bond donors (Lipinski definition) is 2. The minimum absolute atomic E-state index is 0.199. The molecule has 4 nitrogen and oxygen atoms in total. The number of nitrogen functional groups attached to an aromatic ring is 1. The van der Waals surface area contributed by atoms with Crippen molar-refractivity contribution in [2.45, 2.75) is 38.8 Å². The van der Waals surface area contributed by atoms with Gasteiger partial charge in [0.25, 0.3) is 0 Å². The Balaban J connectivity index is 1.46. The number of aryl methyl sites for hydroxylation is 1. The Morgan fingerprint density at radius 1 is 0.962 bits per heavy atom. The van der Waals surface area contributed by atoms with Crippen molar-refractivity contribution in [1.82, 2.24) is 4.90 Å². The van der Waals surface area contributed by atoms with Crippen LogP contribution in [0.3, 0.4) is 0 Å². The van der Waals surface area contributed by atoms with Crippen LogP contribution in [0.5, 0.6) is 0 Å². The number of hydrogen-bond acceptors (Lipinski definition) is 4. The van der Waals surface area contributed by atoms with Crippen molar-refractivity contribution in [2.24, 2.45) is 0 Å². The number of nitrogens with zero attached hydrogens (tertiary/aromatic N) is 2. The zero-order chi connectivity index (χ0) is 18.3. The predicted molar refractivity (Wildman–Crippen MR) is 108 cm³/mol. The molecule has 2 aromatic rings. The van der Waals surface area contributed by atoms with Gasteiger partial charge in [-0.25, -0.2) is 0 Å². The van der Waals surface area contributed by atoms with E-state index < -0.39 is 0 Å². The van der Waals surface area contributed by atoms with Crippen molar-refractivity contribution in [3.8, 4) is 0 Å². The van der Waals surface area contributed by atoms with Crippen LogP contribution in [0.4, 0.5) is 11.4 Å². The molecule has 1 aliphatic heterocycles. The van der Waals surface area contributed by atoms with Crippen molar-refractivity contribution < 1.29 is 5.11 Å². The number of fused-ring (bicyclic) bond motifs is 1. The number of aliphatic hydroxyl groups is 1. The summed E-state index contributed by atoms with van der Waals surface area (Å²) in [6, 6.07) is 12.9. The molecular formula is C22H29N3O. The summed E-state index contributed by atoms with van der Waals surface area (Å²) >= 11 is 0. The normalized spacial score (nSPS) is 23.7. The molecular weight excluding hydrogens is 322 g/mol. The van der Waals surface area contributed by atoms with Gasteiger partial charge >= 0.3 is 0 Å². The summed E-state index contributed by atoms with van der Waals surface area (Å²) in [5, 5.41) is 10.7. The predicted octanol–water partition coefficient (Wildman–Crippen LogP) is 2.54. The summed E-state index contributed by atoms with van der Waals surface area (Å²) in [5.74, 6) is 0. The van der Waals surface area contributed by atoms with Gasteiger partial charge in [-0.05, 0) is 54.7 Å². The molecule has 4 heteroatoms. The number of anilines is 2. The molecule has 2 aliphatic rings. The minimum atomic E-state index is -0.334. The van der Waals surface area contributed by atoms with Gasteiger partial charge in [-0.1, -0.05) is 24.3 Å². The Morgan fingerprint density at radius 3 is 2.46 bits per heavy atom. The lowest BCUT2D eigenvalue weighted by Gasteiger charge is -2.44. The van der Waals surface area contributed by atoms with Gasteiger partial charge in [0.1, 0.15) is 0 Å². The van der Waals surface area contributed by atoms with E-state index in [0.29, 0.717) is 6.42 Å². The summed E-state index contributed by atoms with van der Waals surface area (Å²) in [6.45, 7) is 8.40. The van der Waals surface area contributed by atoms with Crippen molar-refractivity contribution in [1.29, 1.82) is 0 Å². The minimum Gasteiger partial charge on any atom is -0.398 e. The van der Waals surface area contributed by atoms with Crippen LogP contribution in [0.1, 0.15) is 22.3 Å². The highest BCUT2D eigenvalue weighted by Gasteiger charge is 2.34. The standard InChI is InChI=1S/C22H29N3O/c1-15-5-3-8-20(16(15)2)24-9-11-25(12-10-24)21-13-17-6-4-7-19(23)18(17)14-22(21)26/h3-8,21-22,26H,9-14,23H2,1-2H3. The monoisotopic (exact) mass is 351 g/mol. The molecule has 0 saturated carbocycles. The Kier molecular flexibility index (Phi) is 4.63. The lowest BCUT2D eigenvalue weighted by molar-refractivity contribution is 0.0397. The van der Waals surface area contributed by atoms with Gasteiger partial charge in [-0.3, -0.25) is 4.90 Å². The number of aliphatic hydroxyl groups excluding tert-OH is 1. The molecule has 138 valence electrons. The molecule has 26 heavy (non-hydrogen) atoms. The first-order valence-electron chi connectivity index (χ1n) is 9.64. The molecule has 1 heterocycles. The Hall–Kier alpha value is -2.04. The van der Waals surface area contributed by atoms with Crippen LogP contribution < -0.4 is 10.6 Å². The zero-order valence-corrected chi connectivity index (χ0v) is 15.8. The van der Waals surface area contributed by atoms with Crippen LogP contribution in [-0.4, -0.2) is 48.3 Å². The average Bonchev–Trinajstić information content (AvgIpc) is 2.65. The molecule has 0 bridgehead atoms. The molecule has 2 unspecified atom stereocenters. The van der Waals surface area contributed by atoms with E-state index >= 15 is 0 Å². The van der Waals surface area contributed by atoms with Crippen LogP contribution in [0.25, 0.3) is 0 Å². The third kappa shape index (κ3) is 3.08. The average molecular weight is 351 g/mol. The molecule has 1 aliphatic carbocycles. The number of nitrogens with two attached hydrogens (primary N) is 1. The number of rotatable bonds is 2. The molecule has 0 amide bonds. The summed E-state index contributed by atoms with van der Waals surface area (Å²) in [5.41, 5.74) is 13.5. The quantitative estimate of drug-likeness (QED) is 0.817. The first-order valence-corrected chi connectivity index (χ1v) is 9.64. The second-order valence-electron chi connectivity index (χ2n) is 7.77. The fourth-order valence-corrected chi connectivity index (χ4v) is 4.55. The van der Waals surface area contributed by atoms with Crippen LogP contribution in [-0.2, 0) is 12.8 Å². The van der Waals surface area contributed by atoms with Gasteiger partial charge in [-0.15, -0.1) is 0 Å². The van der Waals surface area contributed by atoms with Gasteiger partial charge in [0.05, 0.1) is 6.10 Å². The Morgan fingerprint density at radius 2 is 1.69 bits per heavy atom. The maximum Gasteiger partial charge on any atom is 0.0739 e. The SMILES string of the molecule is Cc1cccc(N2CCN(C3Cc4cccc(N)c4CC3O)CC2)c1C. The van der Waals surface area contributed by atoms with E-state index in [0.717, 1.165) is 43.9 Å². The third-order valence-corrected chi connectivity index (χ3v) is 6.30. The summed E-state index contributed by atoms with van der Waals surface area (Å²) in [6.07, 6.45) is 1.23. The molecule has 2 atom stereocenters. The van der Waals surface area contributed by atoms with Gasteiger partial charge in [-0.2, -0.15) is 0 Å².